The van der Waals surface area contributed by atoms with Crippen LogP contribution >= 0.6 is 0 Å². The molecular weight excluding hydrogens is 330 g/mol. The van der Waals surface area contributed by atoms with Gasteiger partial charge in [-0.05, 0) is 11.6 Å². The first-order chi connectivity index (χ1) is 12.7. The third-order valence-electron chi connectivity index (χ3n) is 4.41. The van der Waals surface area contributed by atoms with Gasteiger partial charge in [0, 0.05) is 22.8 Å². The molecule has 0 saturated carbocycles. The first kappa shape index (κ1) is 16.3. The molecular formula is C21H19NO4. The fourth-order valence-corrected chi connectivity index (χ4v) is 3.19. The fourth-order valence-electron chi connectivity index (χ4n) is 3.19. The van der Waals surface area contributed by atoms with E-state index in [4.69, 9.17) is 14.2 Å². The molecule has 1 unspecified atom stereocenters. The van der Waals surface area contributed by atoms with Gasteiger partial charge in [-0.15, -0.1) is 0 Å². The Hall–Kier alpha value is -3.21. The summed E-state index contributed by atoms with van der Waals surface area (Å²) >= 11 is 0. The number of carbonyl (C=O) groups excluding carboxylic acids is 1. The average molecular weight is 349 g/mol. The standard InChI is InChI=1S/C21H19NO4/c1-24-18-11-15-12-19(26-20(15)17-10-6-5-9-16(17)18)22-21(23)25-13-14-7-3-2-4-8-14/h2-11,19H,12-13H2,1H3,(H,22,23). The second-order valence-electron chi connectivity index (χ2n) is 6.13. The van der Waals surface area contributed by atoms with Crippen LogP contribution in [0.25, 0.3) is 10.8 Å². The van der Waals surface area contributed by atoms with Gasteiger partial charge in [-0.2, -0.15) is 0 Å². The molecule has 3 aromatic carbocycles. The maximum Gasteiger partial charge on any atom is 0.410 e. The van der Waals surface area contributed by atoms with E-state index in [1.54, 1.807) is 7.11 Å². The second kappa shape index (κ2) is 6.96. The molecule has 3 aromatic rings. The summed E-state index contributed by atoms with van der Waals surface area (Å²) in [6.45, 7) is 0.225. The topological polar surface area (TPSA) is 56.8 Å². The number of fused-ring (bicyclic) bond motifs is 3. The van der Waals surface area contributed by atoms with Crippen LogP contribution in [-0.4, -0.2) is 19.4 Å². The van der Waals surface area contributed by atoms with E-state index in [1.807, 2.05) is 60.7 Å². The Balaban J connectivity index is 1.45. The van der Waals surface area contributed by atoms with Crippen molar-refractivity contribution in [2.24, 2.45) is 0 Å². The van der Waals surface area contributed by atoms with Crippen molar-refractivity contribution in [1.29, 1.82) is 0 Å². The van der Waals surface area contributed by atoms with Crippen molar-refractivity contribution in [1.82, 2.24) is 5.32 Å². The second-order valence-corrected chi connectivity index (χ2v) is 6.13. The molecule has 1 N–H and O–H groups in total. The van der Waals surface area contributed by atoms with Gasteiger partial charge < -0.3 is 14.2 Å². The summed E-state index contributed by atoms with van der Waals surface area (Å²) in [6, 6.07) is 19.4. The van der Waals surface area contributed by atoms with Gasteiger partial charge in [-0.3, -0.25) is 5.32 Å². The average Bonchev–Trinajstić information content (AvgIpc) is 3.09. The third-order valence-corrected chi connectivity index (χ3v) is 4.41. The maximum absolute atomic E-state index is 12.1. The number of ether oxygens (including phenoxy) is 3. The van der Waals surface area contributed by atoms with Gasteiger partial charge in [-0.1, -0.05) is 54.6 Å². The number of rotatable bonds is 4. The lowest BCUT2D eigenvalue weighted by Gasteiger charge is -2.14. The van der Waals surface area contributed by atoms with Crippen molar-refractivity contribution in [2.45, 2.75) is 19.3 Å². The molecule has 4 rings (SSSR count). The van der Waals surface area contributed by atoms with E-state index in [2.05, 4.69) is 5.32 Å². The summed E-state index contributed by atoms with van der Waals surface area (Å²) in [5.41, 5.74) is 1.95. The minimum absolute atomic E-state index is 0.225. The molecule has 1 amide bonds. The molecule has 5 heteroatoms. The Morgan fingerprint density at radius 3 is 2.62 bits per heavy atom. The van der Waals surface area contributed by atoms with Crippen molar-refractivity contribution in [3.63, 3.8) is 0 Å². The molecule has 0 aromatic heterocycles. The molecule has 0 spiro atoms. The highest BCUT2D eigenvalue weighted by Crippen LogP contribution is 2.40. The summed E-state index contributed by atoms with van der Waals surface area (Å²) in [6.07, 6.45) is -0.386. The molecule has 1 aliphatic rings. The predicted molar refractivity (Wildman–Crippen MR) is 98.4 cm³/mol. The van der Waals surface area contributed by atoms with Gasteiger partial charge in [0.2, 0.25) is 0 Å². The van der Waals surface area contributed by atoms with Crippen LogP contribution < -0.4 is 14.8 Å². The summed E-state index contributed by atoms with van der Waals surface area (Å²) < 4.78 is 16.7. The monoisotopic (exact) mass is 349 g/mol. The molecule has 0 radical (unpaired) electrons. The molecule has 0 fully saturated rings. The lowest BCUT2D eigenvalue weighted by molar-refractivity contribution is 0.113. The number of nitrogens with one attached hydrogen (secondary N) is 1. The molecule has 1 aliphatic heterocycles. The summed E-state index contributed by atoms with van der Waals surface area (Å²) in [5.74, 6) is 1.59. The minimum Gasteiger partial charge on any atom is -0.496 e. The van der Waals surface area contributed by atoms with E-state index in [0.29, 0.717) is 6.42 Å². The number of benzene rings is 3. The van der Waals surface area contributed by atoms with Crippen molar-refractivity contribution in [3.05, 3.63) is 71.8 Å². The lowest BCUT2D eigenvalue weighted by Crippen LogP contribution is -2.38. The SMILES string of the molecule is COc1cc2c(c3ccccc13)OC(NC(=O)OCc1ccccc1)C2. The highest BCUT2D eigenvalue weighted by molar-refractivity contribution is 5.95. The van der Waals surface area contributed by atoms with Crippen molar-refractivity contribution < 1.29 is 19.0 Å². The largest absolute Gasteiger partial charge is 0.496 e. The molecule has 0 aliphatic carbocycles. The summed E-state index contributed by atoms with van der Waals surface area (Å²) in [4.78, 5) is 12.1. The van der Waals surface area contributed by atoms with E-state index in [-0.39, 0.29) is 6.61 Å². The molecule has 1 atom stereocenters. The maximum atomic E-state index is 12.1. The highest BCUT2D eigenvalue weighted by Gasteiger charge is 2.28. The lowest BCUT2D eigenvalue weighted by atomic mass is 10.0. The van der Waals surface area contributed by atoms with Gasteiger partial charge in [0.15, 0.2) is 6.23 Å². The number of carbonyl (C=O) groups is 1. The summed E-state index contributed by atoms with van der Waals surface area (Å²) in [5, 5.41) is 4.74. The normalized spacial score (nSPS) is 15.2. The van der Waals surface area contributed by atoms with Crippen LogP contribution in [0.3, 0.4) is 0 Å². The number of hydrogen-bond acceptors (Lipinski definition) is 4. The van der Waals surface area contributed by atoms with Crippen molar-refractivity contribution in [2.75, 3.05) is 7.11 Å². The van der Waals surface area contributed by atoms with E-state index < -0.39 is 12.3 Å². The van der Waals surface area contributed by atoms with E-state index in [9.17, 15) is 4.79 Å². The van der Waals surface area contributed by atoms with Crippen molar-refractivity contribution >= 4 is 16.9 Å². The van der Waals surface area contributed by atoms with Gasteiger partial charge in [-0.25, -0.2) is 4.79 Å². The molecule has 132 valence electrons. The zero-order valence-electron chi connectivity index (χ0n) is 14.4. The minimum atomic E-state index is -0.497. The Morgan fingerprint density at radius 1 is 1.12 bits per heavy atom. The predicted octanol–water partition coefficient (Wildman–Crippen LogP) is 4.04. The number of amides is 1. The molecule has 26 heavy (non-hydrogen) atoms. The number of alkyl carbamates (subject to hydrolysis) is 1. The Morgan fingerprint density at radius 2 is 1.85 bits per heavy atom. The fraction of sp³-hybridized carbons (Fsp3) is 0.190. The van der Waals surface area contributed by atoms with Crippen LogP contribution in [0.2, 0.25) is 0 Å². The quantitative estimate of drug-likeness (QED) is 0.772. The van der Waals surface area contributed by atoms with Gasteiger partial charge >= 0.3 is 6.09 Å². The van der Waals surface area contributed by atoms with Crippen LogP contribution in [0.5, 0.6) is 11.5 Å². The number of methoxy groups -OCH3 is 1. The Kier molecular flexibility index (Phi) is 4.35. The van der Waals surface area contributed by atoms with Crippen LogP contribution in [0.15, 0.2) is 60.7 Å². The zero-order valence-corrected chi connectivity index (χ0v) is 14.4. The Labute approximate surface area is 151 Å². The van der Waals surface area contributed by atoms with E-state index >= 15 is 0 Å². The smallest absolute Gasteiger partial charge is 0.410 e. The van der Waals surface area contributed by atoms with Crippen LogP contribution in [-0.2, 0) is 17.8 Å². The molecule has 0 bridgehead atoms. The van der Waals surface area contributed by atoms with E-state index in [0.717, 1.165) is 33.4 Å². The molecule has 1 heterocycles. The van der Waals surface area contributed by atoms with Crippen molar-refractivity contribution in [3.8, 4) is 11.5 Å². The van der Waals surface area contributed by atoms with Gasteiger partial charge in [0.1, 0.15) is 18.1 Å². The summed E-state index contributed by atoms with van der Waals surface area (Å²) in [7, 11) is 1.65. The number of hydrogen-bond donors (Lipinski definition) is 1. The van der Waals surface area contributed by atoms with Crippen LogP contribution in [0.4, 0.5) is 4.79 Å². The molecule has 0 saturated heterocycles. The van der Waals surface area contributed by atoms with Crippen LogP contribution in [0, 0.1) is 0 Å². The third kappa shape index (κ3) is 3.16. The highest BCUT2D eigenvalue weighted by atomic mass is 16.6. The first-order valence-corrected chi connectivity index (χ1v) is 8.47. The first-order valence-electron chi connectivity index (χ1n) is 8.47. The van der Waals surface area contributed by atoms with Crippen LogP contribution in [0.1, 0.15) is 11.1 Å². The zero-order chi connectivity index (χ0) is 17.9. The Bertz CT molecular complexity index is 939. The van der Waals surface area contributed by atoms with Gasteiger partial charge in [0.05, 0.1) is 7.11 Å². The molecule has 5 nitrogen and oxygen atoms in total. The van der Waals surface area contributed by atoms with Gasteiger partial charge in [0.25, 0.3) is 0 Å². The van der Waals surface area contributed by atoms with E-state index in [1.165, 1.54) is 0 Å².